The van der Waals surface area contributed by atoms with Crippen molar-refractivity contribution >= 4 is 22.6 Å². The first-order valence-corrected chi connectivity index (χ1v) is 6.46. The lowest BCUT2D eigenvalue weighted by Gasteiger charge is -2.11. The molecular formula is C14H18ClNO. The Morgan fingerprint density at radius 2 is 2.18 bits per heavy atom. The lowest BCUT2D eigenvalue weighted by molar-refractivity contribution is 0.469. The number of aryl methyl sites for hydroxylation is 1. The topological polar surface area (TPSA) is 25.2 Å². The van der Waals surface area contributed by atoms with Crippen LogP contribution in [0.15, 0.2) is 28.7 Å². The number of hydrogen-bond acceptors (Lipinski definition) is 2. The van der Waals surface area contributed by atoms with Gasteiger partial charge in [0.15, 0.2) is 0 Å². The van der Waals surface area contributed by atoms with E-state index in [9.17, 15) is 0 Å². The molecule has 0 saturated heterocycles. The fraction of sp³-hybridized carbons (Fsp3) is 0.429. The molecule has 0 fully saturated rings. The summed E-state index contributed by atoms with van der Waals surface area (Å²) in [6.07, 6.45) is 3.20. The quantitative estimate of drug-likeness (QED) is 0.868. The van der Waals surface area contributed by atoms with E-state index < -0.39 is 0 Å². The molecule has 0 radical (unpaired) electrons. The highest BCUT2D eigenvalue weighted by Crippen LogP contribution is 2.24. The van der Waals surface area contributed by atoms with Gasteiger partial charge >= 0.3 is 0 Å². The molecule has 1 aromatic carbocycles. The number of hydrogen-bond donors (Lipinski definition) is 1. The number of halogens is 1. The number of benzene rings is 1. The van der Waals surface area contributed by atoms with Gasteiger partial charge in [-0.1, -0.05) is 18.5 Å². The zero-order chi connectivity index (χ0) is 12.3. The first-order chi connectivity index (χ1) is 8.22. The van der Waals surface area contributed by atoms with Crippen molar-refractivity contribution in [3.8, 4) is 0 Å². The Morgan fingerprint density at radius 3 is 2.88 bits per heavy atom. The lowest BCUT2D eigenvalue weighted by atomic mass is 10.1. The molecule has 2 nitrogen and oxygen atoms in total. The van der Waals surface area contributed by atoms with Gasteiger partial charge in [-0.2, -0.15) is 0 Å². The predicted octanol–water partition coefficient (Wildman–Crippen LogP) is 4.02. The third kappa shape index (κ3) is 3.02. The predicted molar refractivity (Wildman–Crippen MR) is 72.7 cm³/mol. The van der Waals surface area contributed by atoms with Crippen molar-refractivity contribution in [2.24, 2.45) is 0 Å². The minimum atomic E-state index is 0.562. The molecule has 2 aromatic rings. The minimum Gasteiger partial charge on any atom is -0.461 e. The van der Waals surface area contributed by atoms with Crippen molar-refractivity contribution in [3.05, 3.63) is 35.0 Å². The van der Waals surface area contributed by atoms with Crippen molar-refractivity contribution in [3.63, 3.8) is 0 Å². The Morgan fingerprint density at radius 1 is 1.35 bits per heavy atom. The third-order valence-electron chi connectivity index (χ3n) is 3.17. The lowest BCUT2D eigenvalue weighted by Crippen LogP contribution is -2.24. The number of rotatable bonds is 5. The second-order valence-corrected chi connectivity index (χ2v) is 4.76. The van der Waals surface area contributed by atoms with Gasteiger partial charge < -0.3 is 9.73 Å². The SMILES string of the molecule is CCC(CCc1cc2cc(Cl)ccc2o1)NC. The average Bonchev–Trinajstić information content (AvgIpc) is 2.72. The van der Waals surface area contributed by atoms with Crippen LogP contribution in [0.5, 0.6) is 0 Å². The summed E-state index contributed by atoms with van der Waals surface area (Å²) in [4.78, 5) is 0. The van der Waals surface area contributed by atoms with Crippen LogP contribution >= 0.6 is 11.6 Å². The van der Waals surface area contributed by atoms with Crippen molar-refractivity contribution in [2.75, 3.05) is 7.05 Å². The first-order valence-electron chi connectivity index (χ1n) is 6.08. The Labute approximate surface area is 107 Å². The Bertz CT molecular complexity index is 488. The molecule has 92 valence electrons. The van der Waals surface area contributed by atoms with Crippen molar-refractivity contribution in [1.82, 2.24) is 5.32 Å². The molecule has 0 aliphatic heterocycles. The van der Waals surface area contributed by atoms with Crippen molar-refractivity contribution < 1.29 is 4.42 Å². The van der Waals surface area contributed by atoms with E-state index in [1.54, 1.807) is 0 Å². The van der Waals surface area contributed by atoms with E-state index in [1.807, 2.05) is 25.2 Å². The van der Waals surface area contributed by atoms with Gasteiger partial charge in [0.05, 0.1) is 0 Å². The molecule has 1 N–H and O–H groups in total. The highest BCUT2D eigenvalue weighted by atomic mass is 35.5. The molecule has 0 amide bonds. The fourth-order valence-electron chi connectivity index (χ4n) is 2.06. The molecule has 0 spiro atoms. The van der Waals surface area contributed by atoms with Crippen LogP contribution in [0, 0.1) is 0 Å². The molecule has 2 rings (SSSR count). The Hall–Kier alpha value is -0.990. The molecule has 1 heterocycles. The third-order valence-corrected chi connectivity index (χ3v) is 3.40. The van der Waals surface area contributed by atoms with E-state index in [0.29, 0.717) is 6.04 Å². The van der Waals surface area contributed by atoms with Gasteiger partial charge in [-0.15, -0.1) is 0 Å². The summed E-state index contributed by atoms with van der Waals surface area (Å²) in [6.45, 7) is 2.19. The van der Waals surface area contributed by atoms with Crippen LogP contribution in [-0.2, 0) is 6.42 Å². The second-order valence-electron chi connectivity index (χ2n) is 4.33. The largest absolute Gasteiger partial charge is 0.461 e. The monoisotopic (exact) mass is 251 g/mol. The molecule has 1 atom stereocenters. The van der Waals surface area contributed by atoms with E-state index in [1.165, 1.54) is 0 Å². The van der Waals surface area contributed by atoms with Crippen molar-refractivity contribution in [1.29, 1.82) is 0 Å². The molecule has 0 bridgehead atoms. The molecular weight excluding hydrogens is 234 g/mol. The summed E-state index contributed by atoms with van der Waals surface area (Å²) in [5.41, 5.74) is 0.918. The van der Waals surface area contributed by atoms with E-state index >= 15 is 0 Å². The zero-order valence-corrected chi connectivity index (χ0v) is 11.1. The maximum absolute atomic E-state index is 5.95. The molecule has 0 aliphatic rings. The minimum absolute atomic E-state index is 0.562. The highest BCUT2D eigenvalue weighted by Gasteiger charge is 2.07. The summed E-state index contributed by atoms with van der Waals surface area (Å²) in [5.74, 6) is 1.04. The van der Waals surface area contributed by atoms with Gasteiger partial charge in [-0.25, -0.2) is 0 Å². The normalized spacial score (nSPS) is 13.1. The van der Waals surface area contributed by atoms with Gasteiger partial charge in [0.1, 0.15) is 11.3 Å². The molecule has 0 aliphatic carbocycles. The first kappa shape index (κ1) is 12.5. The second kappa shape index (κ2) is 5.56. The molecule has 3 heteroatoms. The Balaban J connectivity index is 2.09. The van der Waals surface area contributed by atoms with E-state index in [0.717, 1.165) is 41.0 Å². The van der Waals surface area contributed by atoms with Crippen LogP contribution in [0.25, 0.3) is 11.0 Å². The molecule has 1 unspecified atom stereocenters. The molecule has 1 aromatic heterocycles. The van der Waals surface area contributed by atoms with Crippen LogP contribution in [0.3, 0.4) is 0 Å². The summed E-state index contributed by atoms with van der Waals surface area (Å²) in [5, 5.41) is 5.15. The van der Waals surface area contributed by atoms with Crippen LogP contribution in [-0.4, -0.2) is 13.1 Å². The average molecular weight is 252 g/mol. The number of nitrogens with one attached hydrogen (secondary N) is 1. The molecule has 0 saturated carbocycles. The van der Waals surface area contributed by atoms with Gasteiger partial charge in [0.25, 0.3) is 0 Å². The maximum Gasteiger partial charge on any atom is 0.134 e. The summed E-state index contributed by atoms with van der Waals surface area (Å²) in [6, 6.07) is 8.38. The van der Waals surface area contributed by atoms with Crippen molar-refractivity contribution in [2.45, 2.75) is 32.2 Å². The van der Waals surface area contributed by atoms with Crippen LogP contribution in [0.1, 0.15) is 25.5 Å². The summed E-state index contributed by atoms with van der Waals surface area (Å²) >= 11 is 5.95. The maximum atomic E-state index is 5.95. The summed E-state index contributed by atoms with van der Waals surface area (Å²) < 4.78 is 5.78. The van der Waals surface area contributed by atoms with E-state index in [4.69, 9.17) is 16.0 Å². The van der Waals surface area contributed by atoms with Crippen LogP contribution in [0.4, 0.5) is 0 Å². The fourth-order valence-corrected chi connectivity index (χ4v) is 2.24. The smallest absolute Gasteiger partial charge is 0.134 e. The van der Waals surface area contributed by atoms with Gasteiger partial charge in [0.2, 0.25) is 0 Å². The molecule has 17 heavy (non-hydrogen) atoms. The number of fused-ring (bicyclic) bond motifs is 1. The Kier molecular flexibility index (Phi) is 4.08. The summed E-state index contributed by atoms with van der Waals surface area (Å²) in [7, 11) is 2.01. The highest BCUT2D eigenvalue weighted by molar-refractivity contribution is 6.31. The standard InChI is InChI=1S/C14H18ClNO/c1-3-12(16-2)5-6-13-9-10-8-11(15)4-7-14(10)17-13/h4,7-9,12,16H,3,5-6H2,1-2H3. The van der Waals surface area contributed by atoms with E-state index in [2.05, 4.69) is 18.3 Å². The zero-order valence-electron chi connectivity index (χ0n) is 10.3. The van der Waals surface area contributed by atoms with Gasteiger partial charge in [0, 0.05) is 22.9 Å². The van der Waals surface area contributed by atoms with E-state index in [-0.39, 0.29) is 0 Å². The number of furan rings is 1. The van der Waals surface area contributed by atoms with Gasteiger partial charge in [-0.05, 0) is 44.2 Å². The van der Waals surface area contributed by atoms with Gasteiger partial charge in [-0.3, -0.25) is 0 Å². The van der Waals surface area contributed by atoms with Crippen LogP contribution in [0.2, 0.25) is 5.02 Å². The van der Waals surface area contributed by atoms with Crippen LogP contribution < -0.4 is 5.32 Å².